The smallest absolute Gasteiger partial charge is 0.309 e. The molecule has 7 heteroatoms. The minimum atomic E-state index is -1.32. The molecule has 22 heavy (non-hydrogen) atoms. The Balaban J connectivity index is 1.71. The molecule has 0 aliphatic heterocycles. The van der Waals surface area contributed by atoms with Crippen LogP contribution in [0, 0.1) is 0 Å². The van der Waals surface area contributed by atoms with Crippen molar-refractivity contribution in [3.63, 3.8) is 0 Å². The number of thiophene rings is 2. The van der Waals surface area contributed by atoms with Crippen LogP contribution in [0.3, 0.4) is 0 Å². The second-order valence-electron chi connectivity index (χ2n) is 5.28. The highest BCUT2D eigenvalue weighted by Crippen LogP contribution is 2.33. The third kappa shape index (κ3) is 3.21. The van der Waals surface area contributed by atoms with Gasteiger partial charge in [-0.1, -0.05) is 6.07 Å². The van der Waals surface area contributed by atoms with Crippen LogP contribution in [0.15, 0.2) is 34.3 Å². The standard InChI is InChI=1S/C15H16N2O3S2/c18-13(14(19)17-11-3-4-11)16-9-15(20,10-5-7-21-8-10)12-2-1-6-22-12/h1-2,5-8,11,20H,3-4,9H2,(H,16,18)(H,17,19). The van der Waals surface area contributed by atoms with Crippen LogP contribution in [0.25, 0.3) is 0 Å². The topological polar surface area (TPSA) is 78.4 Å². The molecule has 2 heterocycles. The fourth-order valence-electron chi connectivity index (χ4n) is 2.11. The summed E-state index contributed by atoms with van der Waals surface area (Å²) in [7, 11) is 0. The molecule has 1 aliphatic rings. The largest absolute Gasteiger partial charge is 0.378 e. The first kappa shape index (κ1) is 15.2. The summed E-state index contributed by atoms with van der Waals surface area (Å²) in [6, 6.07) is 5.62. The zero-order valence-corrected chi connectivity index (χ0v) is 13.4. The Morgan fingerprint density at radius 1 is 1.27 bits per heavy atom. The van der Waals surface area contributed by atoms with Crippen molar-refractivity contribution in [3.05, 3.63) is 44.8 Å². The maximum Gasteiger partial charge on any atom is 0.309 e. The van der Waals surface area contributed by atoms with E-state index in [0.717, 1.165) is 17.7 Å². The number of rotatable bonds is 5. The molecule has 3 rings (SSSR count). The van der Waals surface area contributed by atoms with Crippen molar-refractivity contribution in [3.8, 4) is 0 Å². The van der Waals surface area contributed by atoms with Gasteiger partial charge in [0.1, 0.15) is 5.60 Å². The highest BCUT2D eigenvalue weighted by Gasteiger charge is 2.35. The lowest BCUT2D eigenvalue weighted by molar-refractivity contribution is -0.139. The van der Waals surface area contributed by atoms with Crippen molar-refractivity contribution in [2.75, 3.05) is 6.54 Å². The van der Waals surface area contributed by atoms with Gasteiger partial charge in [0.15, 0.2) is 0 Å². The number of carbonyl (C=O) groups is 2. The van der Waals surface area contributed by atoms with Gasteiger partial charge in [-0.2, -0.15) is 11.3 Å². The normalized spacial score (nSPS) is 16.8. The summed E-state index contributed by atoms with van der Waals surface area (Å²) in [5, 5.41) is 21.8. The van der Waals surface area contributed by atoms with E-state index in [2.05, 4.69) is 10.6 Å². The van der Waals surface area contributed by atoms with Crippen molar-refractivity contribution in [2.45, 2.75) is 24.5 Å². The van der Waals surface area contributed by atoms with E-state index < -0.39 is 17.4 Å². The quantitative estimate of drug-likeness (QED) is 0.723. The predicted octanol–water partition coefficient (Wildman–Crippen LogP) is 1.44. The van der Waals surface area contributed by atoms with E-state index in [9.17, 15) is 14.7 Å². The summed E-state index contributed by atoms with van der Waals surface area (Å²) >= 11 is 2.89. The number of carbonyl (C=O) groups excluding carboxylic acids is 2. The average molecular weight is 336 g/mol. The first-order chi connectivity index (χ1) is 10.6. The SMILES string of the molecule is O=C(NCC(O)(c1ccsc1)c1cccs1)C(=O)NC1CC1. The van der Waals surface area contributed by atoms with E-state index in [-0.39, 0.29) is 12.6 Å². The summed E-state index contributed by atoms with van der Waals surface area (Å²) in [5.41, 5.74) is -0.605. The van der Waals surface area contributed by atoms with Crippen LogP contribution in [-0.2, 0) is 15.2 Å². The van der Waals surface area contributed by atoms with Gasteiger partial charge in [0.25, 0.3) is 0 Å². The number of hydrogen-bond acceptors (Lipinski definition) is 5. The van der Waals surface area contributed by atoms with Crippen LogP contribution in [0.5, 0.6) is 0 Å². The van der Waals surface area contributed by atoms with Gasteiger partial charge < -0.3 is 15.7 Å². The van der Waals surface area contributed by atoms with Gasteiger partial charge in [-0.15, -0.1) is 11.3 Å². The Bertz CT molecular complexity index is 614. The van der Waals surface area contributed by atoms with Gasteiger partial charge >= 0.3 is 11.8 Å². The second-order valence-corrected chi connectivity index (χ2v) is 7.01. The summed E-state index contributed by atoms with van der Waals surface area (Å²) in [4.78, 5) is 24.3. The molecule has 3 N–H and O–H groups in total. The second kappa shape index (κ2) is 6.20. The first-order valence-corrected chi connectivity index (χ1v) is 8.79. The van der Waals surface area contributed by atoms with Crippen LogP contribution < -0.4 is 10.6 Å². The molecular weight excluding hydrogens is 320 g/mol. The Kier molecular flexibility index (Phi) is 4.28. The molecule has 2 aromatic heterocycles. The average Bonchev–Trinajstić information content (AvgIpc) is 3.03. The van der Waals surface area contributed by atoms with E-state index >= 15 is 0 Å². The summed E-state index contributed by atoms with van der Waals surface area (Å²) in [6.07, 6.45) is 1.85. The predicted molar refractivity (Wildman–Crippen MR) is 85.8 cm³/mol. The van der Waals surface area contributed by atoms with E-state index in [4.69, 9.17) is 0 Å². The number of nitrogens with one attached hydrogen (secondary N) is 2. The lowest BCUT2D eigenvalue weighted by atomic mass is 9.94. The molecule has 1 unspecified atom stereocenters. The zero-order chi connectivity index (χ0) is 15.6. The highest BCUT2D eigenvalue weighted by molar-refractivity contribution is 7.10. The number of aliphatic hydroxyl groups is 1. The molecule has 2 aromatic rings. The molecule has 2 amide bonds. The van der Waals surface area contributed by atoms with Crippen molar-refractivity contribution in [2.24, 2.45) is 0 Å². The Morgan fingerprint density at radius 2 is 2.09 bits per heavy atom. The molecule has 5 nitrogen and oxygen atoms in total. The third-order valence-electron chi connectivity index (χ3n) is 3.55. The van der Waals surface area contributed by atoms with Gasteiger partial charge in [-0.25, -0.2) is 0 Å². The van der Waals surface area contributed by atoms with Crippen LogP contribution in [-0.4, -0.2) is 29.5 Å². The molecule has 0 bridgehead atoms. The molecule has 1 saturated carbocycles. The summed E-state index contributed by atoms with van der Waals surface area (Å²) < 4.78 is 0. The maximum absolute atomic E-state index is 11.9. The van der Waals surface area contributed by atoms with E-state index in [1.54, 1.807) is 0 Å². The van der Waals surface area contributed by atoms with E-state index in [0.29, 0.717) is 5.56 Å². The monoisotopic (exact) mass is 336 g/mol. The van der Waals surface area contributed by atoms with E-state index in [1.165, 1.54) is 22.7 Å². The number of hydrogen-bond donors (Lipinski definition) is 3. The molecule has 0 saturated heterocycles. The van der Waals surface area contributed by atoms with Gasteiger partial charge in [0, 0.05) is 16.5 Å². The van der Waals surface area contributed by atoms with Gasteiger partial charge in [-0.3, -0.25) is 9.59 Å². The minimum Gasteiger partial charge on any atom is -0.378 e. The van der Waals surface area contributed by atoms with E-state index in [1.807, 2.05) is 34.3 Å². The van der Waals surface area contributed by atoms with Gasteiger partial charge in [-0.05, 0) is 41.1 Å². The lowest BCUT2D eigenvalue weighted by Crippen LogP contribution is -2.47. The fraction of sp³-hybridized carbons (Fsp3) is 0.333. The fourth-order valence-corrected chi connectivity index (χ4v) is 3.68. The molecule has 116 valence electrons. The van der Waals surface area contributed by atoms with Crippen molar-refractivity contribution >= 4 is 34.5 Å². The number of amides is 2. The van der Waals surface area contributed by atoms with Crippen LogP contribution >= 0.6 is 22.7 Å². The minimum absolute atomic E-state index is 0.0405. The molecule has 1 fully saturated rings. The zero-order valence-electron chi connectivity index (χ0n) is 11.7. The molecule has 0 aromatic carbocycles. The molecule has 1 atom stereocenters. The lowest BCUT2D eigenvalue weighted by Gasteiger charge is -2.26. The Hall–Kier alpha value is -1.70. The van der Waals surface area contributed by atoms with Crippen LogP contribution in [0.4, 0.5) is 0 Å². The van der Waals surface area contributed by atoms with Crippen molar-refractivity contribution in [1.29, 1.82) is 0 Å². The first-order valence-electron chi connectivity index (χ1n) is 6.97. The molecular formula is C15H16N2O3S2. The maximum atomic E-state index is 11.9. The van der Waals surface area contributed by atoms with Crippen molar-refractivity contribution < 1.29 is 14.7 Å². The summed E-state index contributed by atoms with van der Waals surface area (Å²) in [5.74, 6) is -1.35. The third-order valence-corrected chi connectivity index (χ3v) is 5.26. The molecule has 0 radical (unpaired) electrons. The highest BCUT2D eigenvalue weighted by atomic mass is 32.1. The molecule has 1 aliphatic carbocycles. The van der Waals surface area contributed by atoms with Crippen molar-refractivity contribution in [1.82, 2.24) is 10.6 Å². The molecule has 0 spiro atoms. The van der Waals surface area contributed by atoms with Crippen LogP contribution in [0.2, 0.25) is 0 Å². The van der Waals surface area contributed by atoms with Gasteiger partial charge in [0.2, 0.25) is 0 Å². The van der Waals surface area contributed by atoms with Crippen LogP contribution in [0.1, 0.15) is 23.3 Å². The van der Waals surface area contributed by atoms with Gasteiger partial charge in [0.05, 0.1) is 6.54 Å². The Labute approximate surface area is 136 Å². The Morgan fingerprint density at radius 3 is 2.68 bits per heavy atom. The summed E-state index contributed by atoms with van der Waals surface area (Å²) in [6.45, 7) is -0.0405.